The maximum Gasteiger partial charge on any atom is 0.377 e. The second-order valence-corrected chi connectivity index (χ2v) is 7.66. The van der Waals surface area contributed by atoms with Crippen LogP contribution < -0.4 is 0 Å². The summed E-state index contributed by atoms with van der Waals surface area (Å²) in [6, 6.07) is 7.90. The molecule has 86 valence electrons. The smallest absolute Gasteiger partial charge is 0.377 e. The normalized spacial score (nSPS) is 8.62. The van der Waals surface area contributed by atoms with E-state index in [0.29, 0.717) is 0 Å². The Hall–Kier alpha value is -0.757. The predicted molar refractivity (Wildman–Crippen MR) is 59.4 cm³/mol. The van der Waals surface area contributed by atoms with E-state index in [9.17, 15) is 9.59 Å². The SMILES string of the molecule is C[CH2][Zr][CH2]C.O=C(O)C(=O)c1ccccc1. The van der Waals surface area contributed by atoms with Crippen molar-refractivity contribution in [1.29, 1.82) is 0 Å². The molecule has 1 N–H and O–H groups in total. The van der Waals surface area contributed by atoms with E-state index in [1.54, 1.807) is 18.2 Å². The summed E-state index contributed by atoms with van der Waals surface area (Å²) < 4.78 is 3.03. The molecule has 0 saturated heterocycles. The van der Waals surface area contributed by atoms with Gasteiger partial charge in [-0.05, 0) is 0 Å². The Bertz CT molecular complexity index is 320. The molecular formula is C12H16O3Zr. The minimum absolute atomic E-state index is 0.208. The van der Waals surface area contributed by atoms with Crippen LogP contribution in [0.25, 0.3) is 0 Å². The van der Waals surface area contributed by atoms with Gasteiger partial charge in [0.15, 0.2) is 0 Å². The van der Waals surface area contributed by atoms with E-state index in [2.05, 4.69) is 13.8 Å². The summed E-state index contributed by atoms with van der Waals surface area (Å²) in [6.07, 6.45) is 0. The third kappa shape index (κ3) is 6.68. The molecule has 16 heavy (non-hydrogen) atoms. The van der Waals surface area contributed by atoms with Gasteiger partial charge in [-0.3, -0.25) is 4.79 Å². The Balaban J connectivity index is 0.000000385. The average Bonchev–Trinajstić information content (AvgIpc) is 2.31. The number of carbonyl (C=O) groups excluding carboxylic acids is 1. The summed E-state index contributed by atoms with van der Waals surface area (Å²) in [5, 5.41) is 8.29. The summed E-state index contributed by atoms with van der Waals surface area (Å²) >= 11 is 0.218. The van der Waals surface area contributed by atoms with Gasteiger partial charge in [-0.2, -0.15) is 0 Å². The number of rotatable bonds is 4. The molecule has 0 unspecified atom stereocenters. The standard InChI is InChI=1S/C8H6O3.2C2H5.Zr/c9-7(8(10)11)6-4-2-1-3-5-6;2*1-2;/h1-5H,(H,10,11);2*1H2,2H3;. The fourth-order valence-electron chi connectivity index (χ4n) is 0.963. The fourth-order valence-corrected chi connectivity index (χ4v) is 2.19. The Morgan fingerprint density at radius 2 is 1.62 bits per heavy atom. The molecular weight excluding hydrogens is 283 g/mol. The number of carbonyl (C=O) groups is 2. The molecule has 0 aliphatic carbocycles. The van der Waals surface area contributed by atoms with Crippen LogP contribution in [-0.4, -0.2) is 16.9 Å². The maximum absolute atomic E-state index is 10.7. The van der Waals surface area contributed by atoms with E-state index in [0.717, 1.165) is 0 Å². The van der Waals surface area contributed by atoms with Gasteiger partial charge in [0, 0.05) is 5.56 Å². The van der Waals surface area contributed by atoms with Crippen LogP contribution in [0, 0.1) is 0 Å². The van der Waals surface area contributed by atoms with Gasteiger partial charge < -0.3 is 5.11 Å². The molecule has 1 aromatic rings. The Morgan fingerprint density at radius 1 is 1.12 bits per heavy atom. The number of benzene rings is 1. The minimum Gasteiger partial charge on any atom is -0.475 e. The molecule has 0 aliphatic heterocycles. The molecule has 0 amide bonds. The molecule has 0 atom stereocenters. The molecule has 0 radical (unpaired) electrons. The second-order valence-electron chi connectivity index (χ2n) is 2.96. The summed E-state index contributed by atoms with van der Waals surface area (Å²) in [7, 11) is 0. The molecule has 1 rings (SSSR count). The van der Waals surface area contributed by atoms with Crippen molar-refractivity contribution >= 4 is 11.8 Å². The summed E-state index contributed by atoms with van der Waals surface area (Å²) in [5.41, 5.74) is 0.208. The molecule has 0 heterocycles. The van der Waals surface area contributed by atoms with E-state index in [1.165, 1.54) is 20.4 Å². The number of aliphatic carboxylic acids is 1. The molecule has 4 heteroatoms. The van der Waals surface area contributed by atoms with Crippen LogP contribution >= 0.6 is 0 Å². The van der Waals surface area contributed by atoms with Crippen LogP contribution in [0.4, 0.5) is 0 Å². The van der Waals surface area contributed by atoms with Crippen LogP contribution in [0.1, 0.15) is 24.2 Å². The number of hydrogen-bond acceptors (Lipinski definition) is 2. The van der Waals surface area contributed by atoms with Crippen molar-refractivity contribution in [3.05, 3.63) is 35.9 Å². The van der Waals surface area contributed by atoms with Gasteiger partial charge in [-0.1, -0.05) is 30.3 Å². The van der Waals surface area contributed by atoms with Gasteiger partial charge in [0.2, 0.25) is 0 Å². The predicted octanol–water partition coefficient (Wildman–Crippen LogP) is 2.90. The number of carboxylic acids is 1. The van der Waals surface area contributed by atoms with Crippen molar-refractivity contribution in [2.75, 3.05) is 0 Å². The number of hydrogen-bond donors (Lipinski definition) is 1. The monoisotopic (exact) mass is 298 g/mol. The zero-order valence-electron chi connectivity index (χ0n) is 9.56. The van der Waals surface area contributed by atoms with E-state index < -0.39 is 11.8 Å². The van der Waals surface area contributed by atoms with Crippen LogP contribution in [0.3, 0.4) is 0 Å². The van der Waals surface area contributed by atoms with E-state index in [1.807, 2.05) is 0 Å². The van der Waals surface area contributed by atoms with Gasteiger partial charge in [0.1, 0.15) is 0 Å². The van der Waals surface area contributed by atoms with Crippen LogP contribution in [0.15, 0.2) is 30.3 Å². The van der Waals surface area contributed by atoms with Crippen molar-refractivity contribution in [2.45, 2.75) is 22.1 Å². The largest absolute Gasteiger partial charge is 0.475 e. The topological polar surface area (TPSA) is 54.4 Å². The van der Waals surface area contributed by atoms with Gasteiger partial charge in [0.05, 0.1) is 0 Å². The summed E-state index contributed by atoms with van der Waals surface area (Å²) in [5.74, 6) is -2.29. The third-order valence-corrected chi connectivity index (χ3v) is 4.19. The molecule has 1 aromatic carbocycles. The first-order valence-corrected chi connectivity index (χ1v) is 8.64. The molecule has 0 fully saturated rings. The van der Waals surface area contributed by atoms with Crippen LogP contribution in [-0.2, 0) is 28.0 Å². The van der Waals surface area contributed by atoms with Crippen molar-refractivity contribution in [2.24, 2.45) is 0 Å². The second kappa shape index (κ2) is 9.47. The first-order valence-electron chi connectivity index (χ1n) is 5.16. The van der Waals surface area contributed by atoms with Crippen molar-refractivity contribution in [1.82, 2.24) is 0 Å². The van der Waals surface area contributed by atoms with Gasteiger partial charge in [0.25, 0.3) is 5.78 Å². The zero-order valence-corrected chi connectivity index (χ0v) is 12.0. The Morgan fingerprint density at radius 3 is 1.94 bits per heavy atom. The maximum atomic E-state index is 10.7. The molecule has 0 aromatic heterocycles. The van der Waals surface area contributed by atoms with E-state index in [4.69, 9.17) is 5.11 Å². The van der Waals surface area contributed by atoms with E-state index >= 15 is 0 Å². The molecule has 0 bridgehead atoms. The van der Waals surface area contributed by atoms with Gasteiger partial charge in [-0.25, -0.2) is 4.79 Å². The average molecular weight is 299 g/mol. The number of ketones is 1. The zero-order chi connectivity index (χ0) is 12.4. The van der Waals surface area contributed by atoms with Crippen LogP contribution in [0.2, 0.25) is 8.26 Å². The van der Waals surface area contributed by atoms with Crippen LogP contribution in [0.5, 0.6) is 0 Å². The third-order valence-electron chi connectivity index (χ3n) is 1.73. The van der Waals surface area contributed by atoms with Crippen molar-refractivity contribution in [3.63, 3.8) is 0 Å². The summed E-state index contributed by atoms with van der Waals surface area (Å²) in [6.45, 7) is 4.57. The van der Waals surface area contributed by atoms with Gasteiger partial charge >= 0.3 is 51.3 Å². The van der Waals surface area contributed by atoms with Crippen molar-refractivity contribution in [3.8, 4) is 0 Å². The Labute approximate surface area is 107 Å². The number of Topliss-reactive ketones (excluding diaryl/α,β-unsaturated/α-hetero) is 1. The molecule has 3 nitrogen and oxygen atoms in total. The Kier molecular flexibility index (Phi) is 9.02. The molecule has 0 aliphatic rings. The van der Waals surface area contributed by atoms with Crippen molar-refractivity contribution < 1.29 is 37.9 Å². The number of carboxylic acid groups (broad SMARTS) is 1. The first-order chi connectivity index (χ1) is 7.63. The van der Waals surface area contributed by atoms with Gasteiger partial charge in [-0.15, -0.1) is 0 Å². The van der Waals surface area contributed by atoms with E-state index in [-0.39, 0.29) is 28.8 Å². The molecule has 0 saturated carbocycles. The minimum atomic E-state index is -1.42. The fraction of sp³-hybridized carbons (Fsp3) is 0.333. The quantitative estimate of drug-likeness (QED) is 0.687. The summed E-state index contributed by atoms with van der Waals surface area (Å²) in [4.78, 5) is 20.9. The molecule has 0 spiro atoms. The first kappa shape index (κ1) is 15.2.